The van der Waals surface area contributed by atoms with Crippen LogP contribution in [0.25, 0.3) is 0 Å². The summed E-state index contributed by atoms with van der Waals surface area (Å²) in [7, 11) is 8.09. The Kier molecular flexibility index (Phi) is 30.6. The maximum atomic E-state index is 13.3. The molecule has 0 saturated heterocycles. The van der Waals surface area contributed by atoms with E-state index in [1.54, 1.807) is 87.3 Å². The van der Waals surface area contributed by atoms with Gasteiger partial charge in [0, 0.05) is 104 Å². The third-order valence-electron chi connectivity index (χ3n) is 14.5. The number of aryl methyl sites for hydroxylation is 5. The number of carbonyl (C=O) groups excluding carboxylic acids is 8. The van der Waals surface area contributed by atoms with E-state index in [0.717, 1.165) is 5.56 Å². The number of anilines is 5. The molecule has 0 aliphatic heterocycles. The third-order valence-corrected chi connectivity index (χ3v) is 14.5. The zero-order valence-corrected chi connectivity index (χ0v) is 57.3. The maximum Gasteiger partial charge on any atom is 0.411 e. The van der Waals surface area contributed by atoms with Crippen molar-refractivity contribution < 1.29 is 81.0 Å². The summed E-state index contributed by atoms with van der Waals surface area (Å²) in [6.45, 7) is 6.65. The molecule has 6 aromatic heterocycles. The van der Waals surface area contributed by atoms with Gasteiger partial charge >= 0.3 is 6.09 Å². The fourth-order valence-corrected chi connectivity index (χ4v) is 9.41. The van der Waals surface area contributed by atoms with Crippen molar-refractivity contribution >= 4 is 76.1 Å². The molecule has 0 saturated carbocycles. The van der Waals surface area contributed by atoms with E-state index in [2.05, 4.69) is 67.8 Å². The van der Waals surface area contributed by atoms with E-state index in [-0.39, 0.29) is 85.3 Å². The quantitative estimate of drug-likeness (QED) is 0.0254. The number of hydrogen-bond donors (Lipinski definition) is 8. The first-order valence-corrected chi connectivity index (χ1v) is 32.5. The number of aromatic nitrogens is 11. The fourth-order valence-electron chi connectivity index (χ4n) is 9.41. The fraction of sp³-hybridized carbons (Fsp3) is 0.409. The van der Waals surface area contributed by atoms with Gasteiger partial charge in [0.2, 0.25) is 23.5 Å². The SMILES string of the molecule is Cn1cc(NC(=O)c2nc(NC(=O)CCNC(=O)c3cc(NC(=O)c4nccn4C)cn3C)cn2C)cc1C(=O)NCCC(=O)Nc1cn(C)c(C(=O)NCc2cn(CCOCCOCCOCCOCCOCCOCCOCCOc3ccc(NC(=O)OCc4ccccc4)cc3)nn2)n1. The van der Waals surface area contributed by atoms with E-state index < -0.39 is 47.4 Å². The van der Waals surface area contributed by atoms with Crippen LogP contribution in [-0.2, 0) is 102 Å². The number of amides is 8. The summed E-state index contributed by atoms with van der Waals surface area (Å²) in [5.41, 5.74) is 3.08. The van der Waals surface area contributed by atoms with Crippen molar-refractivity contribution in [3.8, 4) is 5.75 Å². The molecule has 0 radical (unpaired) electrons. The van der Waals surface area contributed by atoms with E-state index in [1.807, 2.05) is 30.3 Å². The van der Waals surface area contributed by atoms with Crippen molar-refractivity contribution in [3.63, 3.8) is 0 Å². The van der Waals surface area contributed by atoms with Crippen LogP contribution in [0, 0.1) is 0 Å². The van der Waals surface area contributed by atoms with Crippen molar-refractivity contribution in [1.29, 1.82) is 0 Å². The zero-order valence-electron chi connectivity index (χ0n) is 57.3. The third kappa shape index (κ3) is 25.9. The number of rotatable bonds is 45. The van der Waals surface area contributed by atoms with Crippen LogP contribution in [0.3, 0.4) is 0 Å². The Bertz CT molecular complexity index is 4010. The predicted octanol–water partition coefficient (Wildman–Crippen LogP) is 3.05. The van der Waals surface area contributed by atoms with Gasteiger partial charge in [-0.1, -0.05) is 35.5 Å². The molecule has 102 heavy (non-hydrogen) atoms. The molecule has 2 aromatic carbocycles. The van der Waals surface area contributed by atoms with Gasteiger partial charge in [-0.2, -0.15) is 0 Å². The monoisotopic (exact) mass is 1420 g/mol. The summed E-state index contributed by atoms with van der Waals surface area (Å²) in [4.78, 5) is 115. The van der Waals surface area contributed by atoms with Gasteiger partial charge in [0.05, 0.1) is 123 Å². The summed E-state index contributed by atoms with van der Waals surface area (Å²) in [5.74, 6) is -2.51. The van der Waals surface area contributed by atoms with Crippen LogP contribution in [0.4, 0.5) is 33.5 Å². The predicted molar refractivity (Wildman–Crippen MR) is 367 cm³/mol. The highest BCUT2D eigenvalue weighted by Gasteiger charge is 2.22. The van der Waals surface area contributed by atoms with Crippen LogP contribution >= 0.6 is 0 Å². The van der Waals surface area contributed by atoms with E-state index in [9.17, 15) is 38.4 Å². The molecule has 546 valence electrons. The average Bonchev–Trinajstić information content (AvgIpc) is 1.70. The molecule has 8 amide bonds. The molecule has 8 N–H and O–H groups in total. The van der Waals surface area contributed by atoms with E-state index in [0.29, 0.717) is 128 Å². The smallest absolute Gasteiger partial charge is 0.411 e. The highest BCUT2D eigenvalue weighted by atomic mass is 16.6. The Morgan fingerprint density at radius 2 is 0.922 bits per heavy atom. The minimum absolute atomic E-state index is 0.0254. The summed E-state index contributed by atoms with van der Waals surface area (Å²) >= 11 is 0. The van der Waals surface area contributed by atoms with Crippen molar-refractivity contribution in [1.82, 2.24) is 68.7 Å². The van der Waals surface area contributed by atoms with E-state index in [1.165, 1.54) is 55.2 Å². The van der Waals surface area contributed by atoms with E-state index in [4.69, 9.17) is 42.6 Å². The minimum Gasteiger partial charge on any atom is -0.491 e. The van der Waals surface area contributed by atoms with Crippen molar-refractivity contribution in [2.24, 2.45) is 35.2 Å². The summed E-state index contributed by atoms with van der Waals surface area (Å²) < 4.78 is 58.9. The van der Waals surface area contributed by atoms with Crippen LogP contribution in [-0.4, -0.2) is 212 Å². The van der Waals surface area contributed by atoms with Crippen LogP contribution < -0.4 is 47.3 Å². The van der Waals surface area contributed by atoms with E-state index >= 15 is 0 Å². The second-order valence-electron chi connectivity index (χ2n) is 22.5. The molecule has 0 aliphatic carbocycles. The lowest BCUT2D eigenvalue weighted by Crippen LogP contribution is -2.29. The first-order valence-electron chi connectivity index (χ1n) is 32.5. The molecule has 0 spiro atoms. The topological polar surface area (TPSA) is 410 Å². The Morgan fingerprint density at radius 3 is 1.42 bits per heavy atom. The zero-order chi connectivity index (χ0) is 72.4. The van der Waals surface area contributed by atoms with Crippen LogP contribution in [0.5, 0.6) is 5.75 Å². The number of nitrogens with zero attached hydrogens (tertiary/aromatic N) is 11. The summed E-state index contributed by atoms with van der Waals surface area (Å²) in [6.07, 6.45) is 10.0. The number of carbonyl (C=O) groups is 8. The summed E-state index contributed by atoms with van der Waals surface area (Å²) in [6, 6.07) is 19.4. The van der Waals surface area contributed by atoms with Gasteiger partial charge in [0.25, 0.3) is 29.5 Å². The molecule has 0 aliphatic rings. The second kappa shape index (κ2) is 40.8. The number of hydrogen-bond acceptors (Lipinski definition) is 22. The van der Waals surface area contributed by atoms with Gasteiger partial charge in [-0.05, 0) is 42.0 Å². The molecule has 0 atom stereocenters. The minimum atomic E-state index is -0.633. The molecule has 8 aromatic rings. The Labute approximate surface area is 586 Å². The lowest BCUT2D eigenvalue weighted by molar-refractivity contribution is -0.116. The average molecular weight is 1420 g/mol. The lowest BCUT2D eigenvalue weighted by atomic mass is 10.2. The Morgan fingerprint density at radius 1 is 0.441 bits per heavy atom. The van der Waals surface area contributed by atoms with Gasteiger partial charge in [0.15, 0.2) is 17.5 Å². The summed E-state index contributed by atoms with van der Waals surface area (Å²) in [5, 5.41) is 29.6. The molecule has 0 unspecified atom stereocenters. The number of imidazole rings is 3. The number of benzene rings is 2. The first-order chi connectivity index (χ1) is 49.4. The van der Waals surface area contributed by atoms with Gasteiger partial charge in [0.1, 0.15) is 36.0 Å². The molecule has 8 rings (SSSR count). The Hall–Kier alpha value is -11.2. The maximum absolute atomic E-state index is 13.3. The highest BCUT2D eigenvalue weighted by Crippen LogP contribution is 2.19. The van der Waals surface area contributed by atoms with Gasteiger partial charge in [-0.25, -0.2) is 24.4 Å². The normalized spacial score (nSPS) is 11.1. The molecule has 6 heterocycles. The van der Waals surface area contributed by atoms with Crippen molar-refractivity contribution in [2.45, 2.75) is 32.5 Å². The molecule has 0 fully saturated rings. The van der Waals surface area contributed by atoms with Gasteiger partial charge < -0.3 is 103 Å². The lowest BCUT2D eigenvalue weighted by Gasteiger charge is -2.10. The molecule has 36 nitrogen and oxygen atoms in total. The molecule has 0 bridgehead atoms. The number of ether oxygens (including phenoxy) is 9. The molecular weight excluding hydrogens is 1330 g/mol. The Balaban J connectivity index is 0.580. The standard InChI is InChI=1S/C66H85N19O17/c1-80-20-19-67-58(80)64(91)71-48-37-52(81(2)40-48)61(88)68-18-16-57(87)75-55-44-84(5)60(77-55)65(92)72-49-38-53(82(3)41-49)62(89)69-17-15-56(86)74-54-43-83(4)59(76-54)63(90)70-39-50-42-85(79-78-50)21-22-94-23-24-95-25-26-96-27-28-97-29-30-98-31-32-99-33-34-100-35-36-101-51-13-11-47(12-14-51)73-66(93)102-45-46-9-7-6-8-10-46/h6-14,19-20,37-38,40-44H,15-18,21-36,39,45H2,1-5H3,(H,68,88)(H,69,89)(H,70,90)(H,71,91)(H,72,92)(H,73,93)(H,74,86)(H,75,87). The first kappa shape index (κ1) is 76.6. The second-order valence-corrected chi connectivity index (χ2v) is 22.5. The molecule has 36 heteroatoms. The van der Waals surface area contributed by atoms with Crippen molar-refractivity contribution in [2.75, 3.05) is 139 Å². The largest absolute Gasteiger partial charge is 0.491 e. The van der Waals surface area contributed by atoms with Gasteiger partial charge in [-0.3, -0.25) is 38.9 Å². The van der Waals surface area contributed by atoms with Gasteiger partial charge in [-0.15, -0.1) is 5.10 Å². The number of nitrogens with one attached hydrogen (secondary N) is 8. The highest BCUT2D eigenvalue weighted by molar-refractivity contribution is 6.05. The molecular formula is C66H85N19O17. The van der Waals surface area contributed by atoms with Crippen LogP contribution in [0.1, 0.15) is 76.9 Å². The van der Waals surface area contributed by atoms with Crippen molar-refractivity contribution in [3.05, 3.63) is 150 Å². The van der Waals surface area contributed by atoms with Crippen LogP contribution in [0.2, 0.25) is 0 Å². The van der Waals surface area contributed by atoms with Crippen LogP contribution in [0.15, 0.2) is 110 Å².